The molecule has 0 aliphatic carbocycles. The van der Waals surface area contributed by atoms with E-state index in [2.05, 4.69) is 10.3 Å². The van der Waals surface area contributed by atoms with Crippen LogP contribution in [0.2, 0.25) is 0 Å². The quantitative estimate of drug-likeness (QED) is 0.661. The van der Waals surface area contributed by atoms with Gasteiger partial charge in [-0.2, -0.15) is 0 Å². The second-order valence-corrected chi connectivity index (χ2v) is 3.69. The van der Waals surface area contributed by atoms with Gasteiger partial charge in [0.2, 0.25) is 0 Å². The average molecular weight is 228 g/mol. The fourth-order valence-electron chi connectivity index (χ4n) is 1.49. The van der Waals surface area contributed by atoms with E-state index in [4.69, 9.17) is 10.0 Å². The Bertz CT molecular complexity index is 477. The van der Waals surface area contributed by atoms with E-state index in [0.717, 1.165) is 5.56 Å². The lowest BCUT2D eigenvalue weighted by atomic mass is 9.81. The van der Waals surface area contributed by atoms with Crippen molar-refractivity contribution in [3.05, 3.63) is 54.2 Å². The average Bonchev–Trinajstić information content (AvgIpc) is 2.38. The van der Waals surface area contributed by atoms with Gasteiger partial charge in [-0.15, -0.1) is 0 Å². The Kier molecular flexibility index (Phi) is 3.75. The zero-order chi connectivity index (χ0) is 12.1. The SMILES string of the molecule is OB(O)c1ccnc(NCc2ccccc2)c1. The molecule has 0 saturated carbocycles. The Morgan fingerprint density at radius 1 is 1.12 bits per heavy atom. The Hall–Kier alpha value is -1.85. The normalized spacial score (nSPS) is 10.0. The highest BCUT2D eigenvalue weighted by Gasteiger charge is 2.10. The van der Waals surface area contributed by atoms with Crippen molar-refractivity contribution < 1.29 is 10.0 Å². The molecule has 86 valence electrons. The third-order valence-corrected chi connectivity index (χ3v) is 2.40. The van der Waals surface area contributed by atoms with Crippen molar-refractivity contribution in [1.29, 1.82) is 0 Å². The van der Waals surface area contributed by atoms with Crippen LogP contribution in [0.15, 0.2) is 48.7 Å². The minimum atomic E-state index is -1.46. The lowest BCUT2D eigenvalue weighted by Crippen LogP contribution is -2.30. The van der Waals surface area contributed by atoms with E-state index in [9.17, 15) is 0 Å². The van der Waals surface area contributed by atoms with Gasteiger partial charge in [0.05, 0.1) is 0 Å². The summed E-state index contributed by atoms with van der Waals surface area (Å²) in [4.78, 5) is 4.10. The third-order valence-electron chi connectivity index (χ3n) is 2.40. The number of nitrogens with zero attached hydrogens (tertiary/aromatic N) is 1. The van der Waals surface area contributed by atoms with Gasteiger partial charge in [0.1, 0.15) is 5.82 Å². The van der Waals surface area contributed by atoms with E-state index in [1.165, 1.54) is 0 Å². The van der Waals surface area contributed by atoms with Gasteiger partial charge in [0.25, 0.3) is 0 Å². The van der Waals surface area contributed by atoms with Crippen molar-refractivity contribution in [2.75, 3.05) is 5.32 Å². The summed E-state index contributed by atoms with van der Waals surface area (Å²) in [6.45, 7) is 0.652. The number of aromatic nitrogens is 1. The monoisotopic (exact) mass is 228 g/mol. The third kappa shape index (κ3) is 3.30. The summed E-state index contributed by atoms with van der Waals surface area (Å²) in [6.07, 6.45) is 1.54. The molecule has 0 spiro atoms. The first-order chi connectivity index (χ1) is 8.25. The standard InChI is InChI=1S/C12H13BN2O2/c16-13(17)11-6-7-14-12(8-11)15-9-10-4-2-1-3-5-10/h1-8,16-17H,9H2,(H,14,15). The predicted molar refractivity (Wildman–Crippen MR) is 67.8 cm³/mol. The molecule has 0 fully saturated rings. The molecule has 0 atom stereocenters. The van der Waals surface area contributed by atoms with Crippen LogP contribution in [0.3, 0.4) is 0 Å². The molecule has 0 radical (unpaired) electrons. The summed E-state index contributed by atoms with van der Waals surface area (Å²) >= 11 is 0. The van der Waals surface area contributed by atoms with E-state index < -0.39 is 7.12 Å². The molecule has 2 aromatic rings. The van der Waals surface area contributed by atoms with Crippen molar-refractivity contribution in [2.24, 2.45) is 0 Å². The number of hydrogen-bond acceptors (Lipinski definition) is 4. The molecule has 3 N–H and O–H groups in total. The maximum absolute atomic E-state index is 9.03. The van der Waals surface area contributed by atoms with Gasteiger partial charge in [-0.05, 0) is 23.2 Å². The highest BCUT2D eigenvalue weighted by Crippen LogP contribution is 2.04. The molecule has 0 unspecified atom stereocenters. The number of rotatable bonds is 4. The minimum Gasteiger partial charge on any atom is -0.423 e. The van der Waals surface area contributed by atoms with E-state index in [1.54, 1.807) is 18.3 Å². The largest absolute Gasteiger partial charge is 0.488 e. The molecule has 0 amide bonds. The van der Waals surface area contributed by atoms with Gasteiger partial charge >= 0.3 is 7.12 Å². The fraction of sp³-hybridized carbons (Fsp3) is 0.0833. The first-order valence-electron chi connectivity index (χ1n) is 5.35. The lowest BCUT2D eigenvalue weighted by Gasteiger charge is -2.07. The summed E-state index contributed by atoms with van der Waals surface area (Å²) in [5, 5.41) is 21.2. The second-order valence-electron chi connectivity index (χ2n) is 3.69. The number of benzene rings is 1. The van der Waals surface area contributed by atoms with Crippen LogP contribution in [0, 0.1) is 0 Å². The summed E-state index contributed by atoms with van der Waals surface area (Å²) in [5.41, 5.74) is 1.57. The molecular formula is C12H13BN2O2. The Labute approximate surface area is 100 Å². The van der Waals surface area contributed by atoms with Crippen LogP contribution in [0.5, 0.6) is 0 Å². The first-order valence-corrected chi connectivity index (χ1v) is 5.35. The zero-order valence-electron chi connectivity index (χ0n) is 9.24. The highest BCUT2D eigenvalue weighted by molar-refractivity contribution is 6.58. The Balaban J connectivity index is 2.02. The van der Waals surface area contributed by atoms with Crippen LogP contribution >= 0.6 is 0 Å². The van der Waals surface area contributed by atoms with Crippen LogP contribution in [0.4, 0.5) is 5.82 Å². The number of pyridine rings is 1. The molecule has 5 heteroatoms. The fourth-order valence-corrected chi connectivity index (χ4v) is 1.49. The zero-order valence-corrected chi connectivity index (χ0v) is 9.24. The number of nitrogens with one attached hydrogen (secondary N) is 1. The highest BCUT2D eigenvalue weighted by atomic mass is 16.4. The molecular weight excluding hydrogens is 215 g/mol. The first kappa shape index (κ1) is 11.6. The van der Waals surface area contributed by atoms with Crippen LogP contribution in [0.1, 0.15) is 5.56 Å². The topological polar surface area (TPSA) is 65.4 Å². The van der Waals surface area contributed by atoms with Gasteiger partial charge < -0.3 is 15.4 Å². The number of hydrogen-bond donors (Lipinski definition) is 3. The maximum atomic E-state index is 9.03. The summed E-state index contributed by atoms with van der Waals surface area (Å²) in [7, 11) is -1.46. The van der Waals surface area contributed by atoms with Gasteiger partial charge in [0.15, 0.2) is 0 Å². The minimum absolute atomic E-state index is 0.426. The molecule has 0 aliphatic heterocycles. The number of anilines is 1. The summed E-state index contributed by atoms with van der Waals surface area (Å²) < 4.78 is 0. The van der Waals surface area contributed by atoms with E-state index >= 15 is 0 Å². The maximum Gasteiger partial charge on any atom is 0.488 e. The van der Waals surface area contributed by atoms with Crippen molar-refractivity contribution in [3.8, 4) is 0 Å². The second kappa shape index (κ2) is 5.47. The van der Waals surface area contributed by atoms with Gasteiger partial charge in [0, 0.05) is 12.7 Å². The lowest BCUT2D eigenvalue weighted by molar-refractivity contribution is 0.425. The van der Waals surface area contributed by atoms with Gasteiger partial charge in [-0.25, -0.2) is 4.98 Å². The van der Waals surface area contributed by atoms with Crippen molar-refractivity contribution in [2.45, 2.75) is 6.54 Å². The molecule has 0 aliphatic rings. The van der Waals surface area contributed by atoms with E-state index in [0.29, 0.717) is 17.8 Å². The van der Waals surface area contributed by atoms with Crippen molar-refractivity contribution in [3.63, 3.8) is 0 Å². The van der Waals surface area contributed by atoms with Crippen molar-refractivity contribution in [1.82, 2.24) is 4.98 Å². The van der Waals surface area contributed by atoms with Crippen LogP contribution in [-0.2, 0) is 6.54 Å². The van der Waals surface area contributed by atoms with Crippen LogP contribution < -0.4 is 10.8 Å². The molecule has 0 saturated heterocycles. The van der Waals surface area contributed by atoms with Gasteiger partial charge in [-0.1, -0.05) is 30.3 Å². The summed E-state index contributed by atoms with van der Waals surface area (Å²) in [6, 6.07) is 13.1. The van der Waals surface area contributed by atoms with E-state index in [-0.39, 0.29) is 0 Å². The molecule has 2 rings (SSSR count). The smallest absolute Gasteiger partial charge is 0.423 e. The predicted octanol–water partition coefficient (Wildman–Crippen LogP) is 0.373. The summed E-state index contributed by atoms with van der Waals surface area (Å²) in [5.74, 6) is 0.624. The molecule has 1 aromatic carbocycles. The molecule has 1 heterocycles. The molecule has 0 bridgehead atoms. The molecule has 17 heavy (non-hydrogen) atoms. The van der Waals surface area contributed by atoms with Crippen molar-refractivity contribution >= 4 is 18.4 Å². The van der Waals surface area contributed by atoms with Crippen LogP contribution in [0.25, 0.3) is 0 Å². The van der Waals surface area contributed by atoms with Gasteiger partial charge in [-0.3, -0.25) is 0 Å². The van der Waals surface area contributed by atoms with Crippen LogP contribution in [-0.4, -0.2) is 22.2 Å². The molecule has 4 nitrogen and oxygen atoms in total. The Morgan fingerprint density at radius 3 is 2.59 bits per heavy atom. The Morgan fingerprint density at radius 2 is 1.88 bits per heavy atom. The molecule has 1 aromatic heterocycles. The van der Waals surface area contributed by atoms with E-state index in [1.807, 2.05) is 30.3 Å².